The zero-order valence-electron chi connectivity index (χ0n) is 8.52. The van der Waals surface area contributed by atoms with Crippen molar-refractivity contribution < 1.29 is 8.42 Å². The second-order valence-corrected chi connectivity index (χ2v) is 6.50. The Bertz CT molecular complexity index is 483. The Morgan fingerprint density at radius 1 is 1.38 bits per heavy atom. The molecule has 0 aliphatic heterocycles. The minimum atomic E-state index is -3.29. The van der Waals surface area contributed by atoms with Gasteiger partial charge in [0.05, 0.1) is 10.6 Å². The first-order valence-electron chi connectivity index (χ1n) is 4.69. The van der Waals surface area contributed by atoms with Gasteiger partial charge in [0.1, 0.15) is 0 Å². The lowest BCUT2D eigenvalue weighted by Crippen LogP contribution is -2.31. The first-order valence-corrected chi connectivity index (χ1v) is 6.72. The van der Waals surface area contributed by atoms with E-state index in [4.69, 9.17) is 17.3 Å². The Morgan fingerprint density at radius 3 is 2.50 bits per heavy atom. The summed E-state index contributed by atoms with van der Waals surface area (Å²) in [5, 5.41) is 0.429. The molecule has 6 heteroatoms. The maximum Gasteiger partial charge on any atom is 0.180 e. The lowest BCUT2D eigenvalue weighted by molar-refractivity contribution is 0.585. The third kappa shape index (κ3) is 3.10. The van der Waals surface area contributed by atoms with Gasteiger partial charge in [-0.1, -0.05) is 17.7 Å². The molecule has 0 radical (unpaired) electrons. The first-order chi connectivity index (χ1) is 6.91. The van der Waals surface area contributed by atoms with E-state index >= 15 is 0 Å². The highest BCUT2D eigenvalue weighted by atomic mass is 35.5. The van der Waals surface area contributed by atoms with E-state index in [0.717, 1.165) is 12.8 Å². The van der Waals surface area contributed by atoms with Gasteiger partial charge in [-0.3, -0.25) is 0 Å². The van der Waals surface area contributed by atoms with Gasteiger partial charge in [-0.05, 0) is 31.0 Å². The molecule has 0 bridgehead atoms. The molecule has 1 fully saturated rings. The molecule has 0 unspecified atom stereocenters. The zero-order chi connectivity index (χ0) is 11.1. The van der Waals surface area contributed by atoms with Gasteiger partial charge in [-0.25, -0.2) is 8.42 Å². The van der Waals surface area contributed by atoms with Crippen LogP contribution in [-0.2, 0) is 9.84 Å². The number of sulfone groups is 1. The standard InChI is InChI=1S/C10H12ClNO2S.ClH/c11-8-2-1-3-9(6-8)15(13,14)7-10(12)4-5-10;/h1-3,6H,4-5,7,12H2;1H. The molecule has 0 heterocycles. The molecule has 1 aromatic rings. The zero-order valence-corrected chi connectivity index (χ0v) is 10.9. The molecule has 3 nitrogen and oxygen atoms in total. The van der Waals surface area contributed by atoms with Crippen molar-refractivity contribution in [2.75, 3.05) is 5.75 Å². The van der Waals surface area contributed by atoms with Gasteiger partial charge in [-0.15, -0.1) is 12.4 Å². The summed E-state index contributed by atoms with van der Waals surface area (Å²) in [6, 6.07) is 6.29. The van der Waals surface area contributed by atoms with Crippen molar-refractivity contribution in [3.05, 3.63) is 29.3 Å². The van der Waals surface area contributed by atoms with Crippen LogP contribution in [0.25, 0.3) is 0 Å². The number of rotatable bonds is 3. The molecule has 1 aromatic carbocycles. The molecule has 2 N–H and O–H groups in total. The van der Waals surface area contributed by atoms with Crippen LogP contribution in [0.3, 0.4) is 0 Å². The number of hydrogen-bond donors (Lipinski definition) is 1. The number of hydrogen-bond acceptors (Lipinski definition) is 3. The van der Waals surface area contributed by atoms with Crippen molar-refractivity contribution in [3.63, 3.8) is 0 Å². The highest BCUT2D eigenvalue weighted by molar-refractivity contribution is 7.91. The Kier molecular flexibility index (Phi) is 3.90. The molecule has 2 rings (SSSR count). The van der Waals surface area contributed by atoms with Gasteiger partial charge in [0.2, 0.25) is 0 Å². The van der Waals surface area contributed by atoms with Gasteiger partial charge in [0.25, 0.3) is 0 Å². The average Bonchev–Trinajstić information content (AvgIpc) is 2.82. The fraction of sp³-hybridized carbons (Fsp3) is 0.400. The lowest BCUT2D eigenvalue weighted by atomic mass is 10.4. The molecule has 0 atom stereocenters. The first kappa shape index (κ1) is 13.8. The molecule has 1 aliphatic carbocycles. The fourth-order valence-electron chi connectivity index (χ4n) is 1.43. The predicted molar refractivity (Wildman–Crippen MR) is 66.9 cm³/mol. The van der Waals surface area contributed by atoms with E-state index in [0.29, 0.717) is 5.02 Å². The topological polar surface area (TPSA) is 60.2 Å². The van der Waals surface area contributed by atoms with Crippen LogP contribution in [0, 0.1) is 0 Å². The van der Waals surface area contributed by atoms with Gasteiger partial charge in [0, 0.05) is 10.6 Å². The number of benzene rings is 1. The summed E-state index contributed by atoms with van der Waals surface area (Å²) < 4.78 is 23.8. The average molecular weight is 282 g/mol. The monoisotopic (exact) mass is 281 g/mol. The van der Waals surface area contributed by atoms with Crippen LogP contribution in [0.5, 0.6) is 0 Å². The summed E-state index contributed by atoms with van der Waals surface area (Å²) in [5.74, 6) is 0.0142. The van der Waals surface area contributed by atoms with Gasteiger partial charge in [-0.2, -0.15) is 0 Å². The quantitative estimate of drug-likeness (QED) is 0.922. The van der Waals surface area contributed by atoms with Crippen molar-refractivity contribution in [1.82, 2.24) is 0 Å². The minimum absolute atomic E-state index is 0. The highest BCUT2D eigenvalue weighted by Crippen LogP contribution is 2.35. The largest absolute Gasteiger partial charge is 0.324 e. The Balaban J connectivity index is 0.00000128. The van der Waals surface area contributed by atoms with E-state index in [1.54, 1.807) is 18.2 Å². The third-order valence-corrected chi connectivity index (χ3v) is 4.69. The van der Waals surface area contributed by atoms with E-state index in [1.807, 2.05) is 0 Å². The maximum atomic E-state index is 11.9. The smallest absolute Gasteiger partial charge is 0.180 e. The lowest BCUT2D eigenvalue weighted by Gasteiger charge is -2.09. The van der Waals surface area contributed by atoms with Crippen LogP contribution in [-0.4, -0.2) is 19.7 Å². The van der Waals surface area contributed by atoms with E-state index in [9.17, 15) is 8.42 Å². The van der Waals surface area contributed by atoms with Crippen LogP contribution < -0.4 is 5.73 Å². The van der Waals surface area contributed by atoms with Crippen LogP contribution >= 0.6 is 24.0 Å². The van der Waals surface area contributed by atoms with Crippen molar-refractivity contribution in [2.45, 2.75) is 23.3 Å². The van der Waals surface area contributed by atoms with Crippen molar-refractivity contribution >= 4 is 33.8 Å². The Hall–Kier alpha value is -0.290. The Labute approximate surface area is 106 Å². The second kappa shape index (κ2) is 4.53. The van der Waals surface area contributed by atoms with Crippen molar-refractivity contribution in [1.29, 1.82) is 0 Å². The fourth-order valence-corrected chi connectivity index (χ4v) is 3.49. The predicted octanol–water partition coefficient (Wildman–Crippen LogP) is 2.03. The normalized spacial score (nSPS) is 17.6. The minimum Gasteiger partial charge on any atom is -0.324 e. The summed E-state index contributed by atoms with van der Waals surface area (Å²) in [7, 11) is -3.29. The van der Waals surface area contributed by atoms with E-state index in [2.05, 4.69) is 0 Å². The van der Waals surface area contributed by atoms with Crippen LogP contribution in [0.4, 0.5) is 0 Å². The summed E-state index contributed by atoms with van der Waals surface area (Å²) in [4.78, 5) is 0.256. The molecule has 16 heavy (non-hydrogen) atoms. The SMILES string of the molecule is Cl.NC1(CS(=O)(=O)c2cccc(Cl)c2)CC1. The molecule has 0 amide bonds. The Morgan fingerprint density at radius 2 is 2.00 bits per heavy atom. The third-order valence-electron chi connectivity index (χ3n) is 2.52. The summed E-state index contributed by atoms with van der Waals surface area (Å²) in [6.45, 7) is 0. The van der Waals surface area contributed by atoms with E-state index in [-0.39, 0.29) is 23.1 Å². The van der Waals surface area contributed by atoms with Gasteiger partial charge in [0.15, 0.2) is 9.84 Å². The van der Waals surface area contributed by atoms with Crippen LogP contribution in [0.15, 0.2) is 29.2 Å². The van der Waals surface area contributed by atoms with Gasteiger partial charge >= 0.3 is 0 Å². The number of nitrogens with two attached hydrogens (primary N) is 1. The molecule has 1 saturated carbocycles. The number of halogens is 2. The van der Waals surface area contributed by atoms with Crippen LogP contribution in [0.2, 0.25) is 5.02 Å². The molecule has 0 aromatic heterocycles. The second-order valence-electron chi connectivity index (χ2n) is 4.08. The molecule has 1 aliphatic rings. The molecular weight excluding hydrogens is 269 g/mol. The summed E-state index contributed by atoms with van der Waals surface area (Å²) in [5.41, 5.74) is 5.30. The molecule has 0 saturated heterocycles. The van der Waals surface area contributed by atoms with Gasteiger partial charge < -0.3 is 5.73 Å². The van der Waals surface area contributed by atoms with Crippen LogP contribution in [0.1, 0.15) is 12.8 Å². The highest BCUT2D eigenvalue weighted by Gasteiger charge is 2.42. The molecule has 90 valence electrons. The van der Waals surface area contributed by atoms with Crippen molar-refractivity contribution in [3.8, 4) is 0 Å². The summed E-state index contributed by atoms with van der Waals surface area (Å²) in [6.07, 6.45) is 1.57. The molecule has 0 spiro atoms. The summed E-state index contributed by atoms with van der Waals surface area (Å²) >= 11 is 5.74. The van der Waals surface area contributed by atoms with Crippen molar-refractivity contribution in [2.24, 2.45) is 5.73 Å². The van der Waals surface area contributed by atoms with E-state index in [1.165, 1.54) is 6.07 Å². The molecular formula is C10H13Cl2NO2S. The van der Waals surface area contributed by atoms with E-state index < -0.39 is 15.4 Å². The maximum absolute atomic E-state index is 11.9.